The van der Waals surface area contributed by atoms with Crippen molar-refractivity contribution in [2.75, 3.05) is 0 Å². The molecule has 0 saturated heterocycles. The summed E-state index contributed by atoms with van der Waals surface area (Å²) in [6.45, 7) is 0. The molecule has 0 saturated carbocycles. The number of rotatable bonds is 6. The van der Waals surface area contributed by atoms with Gasteiger partial charge in [-0.15, -0.1) is 0 Å². The molecule has 0 atom stereocenters. The Bertz CT molecular complexity index is 879. The van der Waals surface area contributed by atoms with E-state index < -0.39 is 52.5 Å². The molecule has 6 N–H and O–H groups in total. The van der Waals surface area contributed by atoms with Gasteiger partial charge in [0.25, 0.3) is 0 Å². The minimum Gasteiger partial charge on any atom is -0.504 e. The van der Waals surface area contributed by atoms with E-state index in [1.54, 1.807) is 0 Å². The second-order valence-electron chi connectivity index (χ2n) is 5.52. The molecule has 0 aliphatic heterocycles. The fourth-order valence-corrected chi connectivity index (χ4v) is 2.09. The summed E-state index contributed by atoms with van der Waals surface area (Å²) in [5.74, 6) is -4.86. The minimum atomic E-state index is -0.722. The third-order valence-corrected chi connectivity index (χ3v) is 3.57. The summed E-state index contributed by atoms with van der Waals surface area (Å²) in [4.78, 5) is 23.6. The van der Waals surface area contributed by atoms with Crippen LogP contribution in [0, 0.1) is 0 Å². The quantitative estimate of drug-likeness (QED) is 0.256. The molecule has 0 bridgehead atoms. The van der Waals surface area contributed by atoms with Crippen LogP contribution in [0.5, 0.6) is 34.5 Å². The topological polar surface area (TPSA) is 156 Å². The smallest absolute Gasteiger partial charge is 0.200 e. The van der Waals surface area contributed by atoms with Crippen LogP contribution in [0.15, 0.2) is 36.4 Å². The number of carbonyl (C=O) groups excluding carboxylic acids is 2. The fourth-order valence-electron chi connectivity index (χ4n) is 2.09. The van der Waals surface area contributed by atoms with Crippen LogP contribution in [0.2, 0.25) is 0 Å². The molecular weight excluding hydrogens is 356 g/mol. The molecule has 0 fully saturated rings. The summed E-state index contributed by atoms with van der Waals surface area (Å²) in [7, 11) is 0. The lowest BCUT2D eigenvalue weighted by molar-refractivity contribution is -0.121. The largest absolute Gasteiger partial charge is 0.504 e. The van der Waals surface area contributed by atoms with Crippen LogP contribution in [0.4, 0.5) is 0 Å². The van der Waals surface area contributed by atoms with E-state index in [0.717, 1.165) is 24.3 Å². The normalized spacial score (nSPS) is 11.3. The molecule has 27 heavy (non-hydrogen) atoms. The van der Waals surface area contributed by atoms with Gasteiger partial charge in [0.15, 0.2) is 34.6 Å². The predicted molar refractivity (Wildman–Crippen MR) is 95.6 cm³/mol. The Morgan fingerprint density at radius 2 is 1.00 bits per heavy atom. The van der Waals surface area contributed by atoms with E-state index >= 15 is 0 Å². The average Bonchev–Trinajstić information content (AvgIpc) is 2.63. The van der Waals surface area contributed by atoms with Crippen LogP contribution in [0.3, 0.4) is 0 Å². The standard InChI is InChI=1S/C19H16O8/c20-12(5-1-10-3-7-14(22)18(26)16(10)24)9-13(21)6-2-11-4-8-15(23)19(27)17(11)25/h1-8,22-27H,9H2/b5-1+,6-2+. The number of aromatic hydroxyl groups is 6. The van der Waals surface area contributed by atoms with Crippen molar-refractivity contribution in [1.82, 2.24) is 0 Å². The van der Waals surface area contributed by atoms with Crippen molar-refractivity contribution in [3.63, 3.8) is 0 Å². The first-order chi connectivity index (χ1) is 12.7. The Kier molecular flexibility index (Phi) is 5.71. The molecular formula is C19H16O8. The van der Waals surface area contributed by atoms with Crippen LogP contribution >= 0.6 is 0 Å². The first-order valence-electron chi connectivity index (χ1n) is 7.60. The summed E-state index contributed by atoms with van der Waals surface area (Å²) >= 11 is 0. The molecule has 8 heteroatoms. The van der Waals surface area contributed by atoms with Gasteiger partial charge in [0.2, 0.25) is 11.5 Å². The predicted octanol–water partition coefficient (Wildman–Crippen LogP) is 2.18. The molecule has 2 aromatic carbocycles. The maximum Gasteiger partial charge on any atom is 0.200 e. The summed E-state index contributed by atoms with van der Waals surface area (Å²) in [6, 6.07) is 4.81. The van der Waals surface area contributed by atoms with E-state index in [1.807, 2.05) is 0 Å². The van der Waals surface area contributed by atoms with Gasteiger partial charge in [-0.3, -0.25) is 9.59 Å². The minimum absolute atomic E-state index is 0.0751. The zero-order valence-corrected chi connectivity index (χ0v) is 13.8. The number of allylic oxidation sites excluding steroid dienone is 2. The van der Waals surface area contributed by atoms with Crippen molar-refractivity contribution in [2.45, 2.75) is 6.42 Å². The molecule has 0 amide bonds. The molecule has 140 valence electrons. The van der Waals surface area contributed by atoms with Crippen LogP contribution in [-0.4, -0.2) is 42.2 Å². The molecule has 0 aliphatic rings. The summed E-state index contributed by atoms with van der Waals surface area (Å²) in [6.07, 6.45) is 3.92. The van der Waals surface area contributed by atoms with Gasteiger partial charge in [-0.05, 0) is 48.6 Å². The summed E-state index contributed by atoms with van der Waals surface area (Å²) in [5.41, 5.74) is 0.150. The van der Waals surface area contributed by atoms with Crippen molar-refractivity contribution in [3.8, 4) is 34.5 Å². The molecule has 2 aromatic rings. The van der Waals surface area contributed by atoms with E-state index in [1.165, 1.54) is 24.3 Å². The van der Waals surface area contributed by atoms with Crippen molar-refractivity contribution in [3.05, 3.63) is 47.5 Å². The third-order valence-electron chi connectivity index (χ3n) is 3.57. The second kappa shape index (κ2) is 7.96. The Hall–Kier alpha value is -3.94. The van der Waals surface area contributed by atoms with Gasteiger partial charge in [-0.2, -0.15) is 0 Å². The van der Waals surface area contributed by atoms with E-state index in [0.29, 0.717) is 0 Å². The third kappa shape index (κ3) is 4.57. The van der Waals surface area contributed by atoms with Crippen molar-refractivity contribution < 1.29 is 40.2 Å². The van der Waals surface area contributed by atoms with E-state index in [2.05, 4.69) is 0 Å². The molecule has 2 rings (SSSR count). The molecule has 0 aliphatic carbocycles. The van der Waals surface area contributed by atoms with Gasteiger partial charge in [0, 0.05) is 11.1 Å². The summed E-state index contributed by atoms with van der Waals surface area (Å²) in [5, 5.41) is 56.5. The van der Waals surface area contributed by atoms with Gasteiger partial charge in [0.1, 0.15) is 0 Å². The number of hydrogen-bond donors (Lipinski definition) is 6. The average molecular weight is 372 g/mol. The van der Waals surface area contributed by atoms with Crippen LogP contribution in [0.1, 0.15) is 17.5 Å². The first kappa shape index (κ1) is 19.4. The van der Waals surface area contributed by atoms with Crippen molar-refractivity contribution in [1.29, 1.82) is 0 Å². The van der Waals surface area contributed by atoms with Gasteiger partial charge >= 0.3 is 0 Å². The number of hydrogen-bond acceptors (Lipinski definition) is 8. The van der Waals surface area contributed by atoms with Gasteiger partial charge in [0.05, 0.1) is 6.42 Å². The lowest BCUT2D eigenvalue weighted by atomic mass is 10.1. The highest BCUT2D eigenvalue weighted by Crippen LogP contribution is 2.38. The number of phenolic OH excluding ortho intramolecular Hbond substituents is 6. The zero-order chi connectivity index (χ0) is 20.1. The maximum atomic E-state index is 11.8. The van der Waals surface area contributed by atoms with E-state index in [9.17, 15) is 40.2 Å². The van der Waals surface area contributed by atoms with Crippen LogP contribution in [-0.2, 0) is 9.59 Å². The van der Waals surface area contributed by atoms with Gasteiger partial charge < -0.3 is 30.6 Å². The number of benzene rings is 2. The highest BCUT2D eigenvalue weighted by molar-refractivity contribution is 6.11. The molecule has 0 spiro atoms. The van der Waals surface area contributed by atoms with Crippen molar-refractivity contribution in [2.24, 2.45) is 0 Å². The Morgan fingerprint density at radius 1 is 0.630 bits per heavy atom. The van der Waals surface area contributed by atoms with E-state index in [4.69, 9.17) is 0 Å². The first-order valence-corrected chi connectivity index (χ1v) is 7.60. The van der Waals surface area contributed by atoms with Crippen molar-refractivity contribution >= 4 is 23.7 Å². The number of ketones is 2. The number of phenols is 6. The Labute approximate surface area is 153 Å². The molecule has 0 aromatic heterocycles. The lowest BCUT2D eigenvalue weighted by Gasteiger charge is -2.03. The Morgan fingerprint density at radius 3 is 1.37 bits per heavy atom. The zero-order valence-electron chi connectivity index (χ0n) is 13.8. The SMILES string of the molecule is O=C(/C=C/c1ccc(O)c(O)c1O)CC(=O)/C=C/c1ccc(O)c(O)c1O. The maximum absolute atomic E-state index is 11.8. The van der Waals surface area contributed by atoms with Crippen LogP contribution < -0.4 is 0 Å². The lowest BCUT2D eigenvalue weighted by Crippen LogP contribution is -2.01. The number of carbonyl (C=O) groups is 2. The summed E-state index contributed by atoms with van der Waals surface area (Å²) < 4.78 is 0. The molecule has 8 nitrogen and oxygen atoms in total. The second-order valence-corrected chi connectivity index (χ2v) is 5.52. The highest BCUT2D eigenvalue weighted by atomic mass is 16.3. The molecule has 0 radical (unpaired) electrons. The fraction of sp³-hybridized carbons (Fsp3) is 0.0526. The Balaban J connectivity index is 2.03. The van der Waals surface area contributed by atoms with Crippen LogP contribution in [0.25, 0.3) is 12.2 Å². The van der Waals surface area contributed by atoms with Gasteiger partial charge in [-0.1, -0.05) is 0 Å². The molecule has 0 unspecified atom stereocenters. The van der Waals surface area contributed by atoms with Gasteiger partial charge in [-0.25, -0.2) is 0 Å². The van der Waals surface area contributed by atoms with E-state index in [-0.39, 0.29) is 11.1 Å². The monoisotopic (exact) mass is 372 g/mol. The molecule has 0 heterocycles. The highest BCUT2D eigenvalue weighted by Gasteiger charge is 2.11.